The van der Waals surface area contributed by atoms with Crippen molar-refractivity contribution in [1.29, 1.82) is 0 Å². The third-order valence-corrected chi connectivity index (χ3v) is 12.5. The number of halogens is 4. The second-order valence-electron chi connectivity index (χ2n) is 13.2. The SMILES string of the molecule is COC[C@]1(C)CCN(C2CCC([C@H](N(C)C(=O)C3CCS(=O)(=O)CC3)C(F)(F)F)CC2)C2CNC3CC(Cl)NN3C21. The number of likely N-dealkylation sites (tertiary alicyclic amines) is 1. The summed E-state index contributed by atoms with van der Waals surface area (Å²) in [6.07, 6.45) is -0.479. The molecular weight excluding hydrogens is 583 g/mol. The fourth-order valence-corrected chi connectivity index (χ4v) is 10.2. The summed E-state index contributed by atoms with van der Waals surface area (Å²) in [6, 6.07) is -1.38. The number of ether oxygens (including phenoxy) is 1. The Bertz CT molecular complexity index is 1050. The van der Waals surface area contributed by atoms with Gasteiger partial charge in [-0.1, -0.05) is 6.92 Å². The quantitative estimate of drug-likeness (QED) is 0.343. The fraction of sp³-hybridized carbons (Fsp3) is 0.963. The number of fused-ring (bicyclic) bond motifs is 3. The van der Waals surface area contributed by atoms with Crippen molar-refractivity contribution < 1.29 is 31.1 Å². The molecule has 0 aromatic heterocycles. The molecule has 1 saturated carbocycles. The summed E-state index contributed by atoms with van der Waals surface area (Å²) in [6.45, 7) is 4.52. The molecule has 4 unspecified atom stereocenters. The lowest BCUT2D eigenvalue weighted by molar-refractivity contribution is -0.203. The highest BCUT2D eigenvalue weighted by molar-refractivity contribution is 7.91. The third kappa shape index (κ3) is 6.42. The minimum Gasteiger partial charge on any atom is -0.384 e. The fourth-order valence-electron chi connectivity index (χ4n) is 8.48. The average Bonchev–Trinajstić information content (AvgIpc) is 3.28. The van der Waals surface area contributed by atoms with Crippen LogP contribution in [0, 0.1) is 17.3 Å². The molecule has 6 atom stereocenters. The van der Waals surface area contributed by atoms with E-state index in [0.29, 0.717) is 32.3 Å². The van der Waals surface area contributed by atoms with Crippen molar-refractivity contribution in [3.05, 3.63) is 0 Å². The van der Waals surface area contributed by atoms with Crippen LogP contribution in [0.15, 0.2) is 0 Å². The lowest BCUT2D eigenvalue weighted by Crippen LogP contribution is -2.75. The van der Waals surface area contributed by atoms with Crippen molar-refractivity contribution in [3.63, 3.8) is 0 Å². The first-order chi connectivity index (χ1) is 19.2. The van der Waals surface area contributed by atoms with E-state index < -0.39 is 39.8 Å². The number of carbonyl (C=O) groups is 1. The van der Waals surface area contributed by atoms with Gasteiger partial charge in [0.2, 0.25) is 5.91 Å². The topological polar surface area (TPSA) is 94.2 Å². The Morgan fingerprint density at radius 3 is 2.44 bits per heavy atom. The summed E-state index contributed by atoms with van der Waals surface area (Å²) >= 11 is 6.48. The van der Waals surface area contributed by atoms with E-state index in [4.69, 9.17) is 16.3 Å². The van der Waals surface area contributed by atoms with Crippen molar-refractivity contribution >= 4 is 27.3 Å². The van der Waals surface area contributed by atoms with E-state index in [0.717, 1.165) is 30.8 Å². The Labute approximate surface area is 246 Å². The van der Waals surface area contributed by atoms with E-state index in [9.17, 15) is 26.4 Å². The number of alkyl halides is 4. The zero-order chi connectivity index (χ0) is 29.7. The number of amides is 1. The van der Waals surface area contributed by atoms with Gasteiger partial charge in [0.05, 0.1) is 35.8 Å². The number of carbonyl (C=O) groups excluding carboxylic acids is 1. The number of hydrogen-bond acceptors (Lipinski definition) is 8. The molecule has 0 bridgehead atoms. The third-order valence-electron chi connectivity index (χ3n) is 10.5. The van der Waals surface area contributed by atoms with E-state index >= 15 is 0 Å². The monoisotopic (exact) mass is 627 g/mol. The van der Waals surface area contributed by atoms with E-state index in [1.807, 2.05) is 0 Å². The normalized spacial score (nSPS) is 39.6. The first-order valence-electron chi connectivity index (χ1n) is 14.9. The highest BCUT2D eigenvalue weighted by Crippen LogP contribution is 2.45. The molecule has 4 saturated heterocycles. The standard InChI is InChI=1S/C27H45ClF3N5O4S/c1-26(16-40-3)10-11-35(20-15-32-22-14-21(28)33-36(22)24(20)26)19-6-4-17(5-7-19)23(27(29,30)31)34(2)25(37)18-8-12-41(38,39)13-9-18/h17-24,32-33H,4-16H2,1-3H3/t17?,19?,20?,21?,22?,23-,24?,26-/m0/s1. The Balaban J connectivity index is 1.27. The largest absolute Gasteiger partial charge is 0.409 e. The van der Waals surface area contributed by atoms with Crippen LogP contribution < -0.4 is 10.7 Å². The average molecular weight is 628 g/mol. The molecular formula is C27H45ClF3N5O4S. The molecule has 5 aliphatic rings. The summed E-state index contributed by atoms with van der Waals surface area (Å²) < 4.78 is 72.6. The Hall–Kier alpha value is -0.700. The zero-order valence-electron chi connectivity index (χ0n) is 24.2. The molecule has 0 aromatic carbocycles. The van der Waals surface area contributed by atoms with Crippen molar-refractivity contribution in [1.82, 2.24) is 25.6 Å². The molecule has 1 amide bonds. The van der Waals surface area contributed by atoms with Crippen LogP contribution in [0.4, 0.5) is 13.2 Å². The molecule has 2 N–H and O–H groups in total. The maximum atomic E-state index is 14.4. The minimum absolute atomic E-state index is 0.0908. The van der Waals surface area contributed by atoms with Crippen LogP contribution in [-0.4, -0.2) is 117 Å². The Morgan fingerprint density at radius 1 is 1.17 bits per heavy atom. The Kier molecular flexibility index (Phi) is 9.29. The minimum atomic E-state index is -4.55. The molecule has 14 heteroatoms. The highest BCUT2D eigenvalue weighted by Gasteiger charge is 2.56. The van der Waals surface area contributed by atoms with Crippen molar-refractivity contribution in [3.8, 4) is 0 Å². The number of rotatable bonds is 6. The molecule has 0 aromatic rings. The summed E-state index contributed by atoms with van der Waals surface area (Å²) in [5.74, 6) is -2.23. The van der Waals surface area contributed by atoms with Gasteiger partial charge >= 0.3 is 6.18 Å². The Morgan fingerprint density at radius 2 is 1.83 bits per heavy atom. The summed E-state index contributed by atoms with van der Waals surface area (Å²) in [5.41, 5.74) is 3.20. The molecule has 1 aliphatic carbocycles. The second-order valence-corrected chi connectivity index (χ2v) is 16.0. The molecule has 5 fully saturated rings. The van der Waals surface area contributed by atoms with Gasteiger partial charge in [-0.3, -0.25) is 15.0 Å². The number of methoxy groups -OCH3 is 1. The maximum absolute atomic E-state index is 14.4. The van der Waals surface area contributed by atoms with E-state index in [-0.39, 0.29) is 59.6 Å². The van der Waals surface area contributed by atoms with E-state index in [1.54, 1.807) is 7.11 Å². The zero-order valence-corrected chi connectivity index (χ0v) is 25.8. The number of nitrogens with zero attached hydrogens (tertiary/aromatic N) is 3. The first-order valence-corrected chi connectivity index (χ1v) is 17.2. The van der Waals surface area contributed by atoms with Gasteiger partial charge in [0.1, 0.15) is 15.9 Å². The molecule has 4 heterocycles. The van der Waals surface area contributed by atoms with Crippen LogP contribution >= 0.6 is 11.6 Å². The van der Waals surface area contributed by atoms with Crippen LogP contribution in [0.1, 0.15) is 58.3 Å². The van der Waals surface area contributed by atoms with Crippen molar-refractivity contribution in [2.75, 3.05) is 45.4 Å². The predicted molar refractivity (Wildman–Crippen MR) is 150 cm³/mol. The molecule has 4 aliphatic heterocycles. The second kappa shape index (κ2) is 12.0. The molecule has 0 radical (unpaired) electrons. The number of piperidine rings is 1. The van der Waals surface area contributed by atoms with E-state index in [1.165, 1.54) is 7.05 Å². The molecule has 0 spiro atoms. The smallest absolute Gasteiger partial charge is 0.384 e. The van der Waals surface area contributed by atoms with Gasteiger partial charge in [0, 0.05) is 50.5 Å². The van der Waals surface area contributed by atoms with Crippen LogP contribution in [0.25, 0.3) is 0 Å². The summed E-state index contributed by atoms with van der Waals surface area (Å²) in [5, 5.41) is 5.90. The summed E-state index contributed by atoms with van der Waals surface area (Å²) in [4.78, 5) is 16.5. The van der Waals surface area contributed by atoms with Crippen LogP contribution in [0.2, 0.25) is 0 Å². The van der Waals surface area contributed by atoms with Crippen LogP contribution in [0.3, 0.4) is 0 Å². The van der Waals surface area contributed by atoms with Gasteiger partial charge in [-0.25, -0.2) is 18.9 Å². The van der Waals surface area contributed by atoms with E-state index in [2.05, 4.69) is 27.6 Å². The van der Waals surface area contributed by atoms with Gasteiger partial charge < -0.3 is 9.64 Å². The van der Waals surface area contributed by atoms with Crippen molar-refractivity contribution in [2.24, 2.45) is 17.3 Å². The van der Waals surface area contributed by atoms with Crippen LogP contribution in [-0.2, 0) is 19.4 Å². The molecule has 9 nitrogen and oxygen atoms in total. The van der Waals surface area contributed by atoms with Gasteiger partial charge in [-0.15, -0.1) is 11.6 Å². The van der Waals surface area contributed by atoms with Crippen molar-refractivity contribution in [2.45, 2.75) is 100 Å². The predicted octanol–water partition coefficient (Wildman–Crippen LogP) is 2.56. The van der Waals surface area contributed by atoms with Gasteiger partial charge in [0.25, 0.3) is 0 Å². The van der Waals surface area contributed by atoms with Gasteiger partial charge in [-0.05, 0) is 57.4 Å². The first kappa shape index (κ1) is 31.7. The number of sulfone groups is 1. The van der Waals surface area contributed by atoms with Crippen LogP contribution in [0.5, 0.6) is 0 Å². The van der Waals surface area contributed by atoms with Gasteiger partial charge in [0.15, 0.2) is 0 Å². The lowest BCUT2D eigenvalue weighted by atomic mass is 9.70. The number of hydrazine groups is 1. The molecule has 5 rings (SSSR count). The lowest BCUT2D eigenvalue weighted by Gasteiger charge is -2.59. The number of nitrogens with one attached hydrogen (secondary N) is 2. The molecule has 41 heavy (non-hydrogen) atoms. The maximum Gasteiger partial charge on any atom is 0.409 e. The van der Waals surface area contributed by atoms with Gasteiger partial charge in [-0.2, -0.15) is 13.2 Å². The highest BCUT2D eigenvalue weighted by atomic mass is 35.5. The molecule has 236 valence electrons. The number of hydrogen-bond donors (Lipinski definition) is 2. The summed E-state index contributed by atoms with van der Waals surface area (Å²) in [7, 11) is -0.236.